The van der Waals surface area contributed by atoms with E-state index in [1.807, 2.05) is 6.07 Å². The van der Waals surface area contributed by atoms with Gasteiger partial charge in [0.05, 0.1) is 30.5 Å². The van der Waals surface area contributed by atoms with Crippen LogP contribution in [-0.4, -0.2) is 27.4 Å². The Kier molecular flexibility index (Phi) is 7.02. The minimum atomic E-state index is -3.90. The zero-order valence-electron chi connectivity index (χ0n) is 10.3. The number of hydrogen-bond donors (Lipinski definition) is 2. The number of nitrogens with one attached hydrogen (secondary N) is 1. The van der Waals surface area contributed by atoms with E-state index in [1.54, 1.807) is 4.72 Å². The zero-order chi connectivity index (χ0) is 14.5. The summed E-state index contributed by atoms with van der Waals surface area (Å²) in [5, 5.41) is 8.67. The summed E-state index contributed by atoms with van der Waals surface area (Å²) in [6.45, 7) is -1.97. The number of hydrogen-bond acceptors (Lipinski definition) is 4. The number of nitrogens with two attached hydrogens (primary N) is 1. The highest BCUT2D eigenvalue weighted by molar-refractivity contribution is 7.88. The zero-order valence-corrected chi connectivity index (χ0v) is 12.0. The fourth-order valence-electron chi connectivity index (χ4n) is 1.29. The molecule has 0 unspecified atom stereocenters. The lowest BCUT2D eigenvalue weighted by Gasteiger charge is -2.14. The lowest BCUT2D eigenvalue weighted by molar-refractivity contribution is 0.0170. The third-order valence-corrected chi connectivity index (χ3v) is 3.56. The maximum absolute atomic E-state index is 12.8. The predicted octanol–water partition coefficient (Wildman–Crippen LogP) is 0.993. The summed E-state index contributed by atoms with van der Waals surface area (Å²) in [5.74, 6) is -3.75. The van der Waals surface area contributed by atoms with Crippen LogP contribution in [0, 0.1) is 11.3 Å². The van der Waals surface area contributed by atoms with Gasteiger partial charge in [-0.1, -0.05) is 12.1 Å². The molecular weight excluding hydrogens is 312 g/mol. The normalized spacial score (nSPS) is 11.5. The second-order valence-electron chi connectivity index (χ2n) is 3.95. The standard InChI is InChI=1S/C11H13F2N3O2S.ClH/c12-11(13,7-15)8-16-19(17,18)6-10-3-1-2-9(4-10)5-14;/h1-4,16H,6-8,15H2;1H. The smallest absolute Gasteiger partial charge is 0.273 e. The first kappa shape index (κ1) is 18.7. The van der Waals surface area contributed by atoms with Crippen molar-refractivity contribution >= 4 is 22.4 Å². The van der Waals surface area contributed by atoms with Gasteiger partial charge in [0.25, 0.3) is 5.92 Å². The van der Waals surface area contributed by atoms with Crippen molar-refractivity contribution in [1.29, 1.82) is 5.26 Å². The summed E-state index contributed by atoms with van der Waals surface area (Å²) >= 11 is 0. The highest BCUT2D eigenvalue weighted by Crippen LogP contribution is 2.11. The van der Waals surface area contributed by atoms with E-state index in [-0.39, 0.29) is 12.4 Å². The summed E-state index contributed by atoms with van der Waals surface area (Å²) in [6, 6.07) is 7.80. The minimum Gasteiger partial charge on any atom is -0.325 e. The molecule has 0 aliphatic rings. The molecule has 0 fully saturated rings. The molecule has 1 rings (SSSR count). The first-order valence-corrected chi connectivity index (χ1v) is 6.97. The number of rotatable bonds is 6. The van der Waals surface area contributed by atoms with Crippen LogP contribution in [0.15, 0.2) is 24.3 Å². The quantitative estimate of drug-likeness (QED) is 0.815. The van der Waals surface area contributed by atoms with Crippen LogP contribution in [0.5, 0.6) is 0 Å². The van der Waals surface area contributed by atoms with E-state index >= 15 is 0 Å². The van der Waals surface area contributed by atoms with Crippen LogP contribution in [-0.2, 0) is 15.8 Å². The second-order valence-corrected chi connectivity index (χ2v) is 5.76. The molecule has 0 spiro atoms. The highest BCUT2D eigenvalue weighted by Gasteiger charge is 2.28. The van der Waals surface area contributed by atoms with Gasteiger partial charge >= 0.3 is 0 Å². The van der Waals surface area contributed by atoms with Gasteiger partial charge in [-0.15, -0.1) is 12.4 Å². The first-order valence-electron chi connectivity index (χ1n) is 5.32. The topological polar surface area (TPSA) is 96.0 Å². The van der Waals surface area contributed by atoms with E-state index in [1.165, 1.54) is 24.3 Å². The fourth-order valence-corrected chi connectivity index (χ4v) is 2.44. The van der Waals surface area contributed by atoms with Crippen LogP contribution >= 0.6 is 12.4 Å². The summed E-state index contributed by atoms with van der Waals surface area (Å²) in [6.07, 6.45) is 0. The van der Waals surface area contributed by atoms with Gasteiger partial charge in [-0.3, -0.25) is 0 Å². The number of nitrogens with zero attached hydrogens (tertiary/aromatic N) is 1. The number of benzene rings is 1. The van der Waals surface area contributed by atoms with Gasteiger partial charge in [0.15, 0.2) is 0 Å². The molecule has 5 nitrogen and oxygen atoms in total. The van der Waals surface area contributed by atoms with Crippen LogP contribution in [0.25, 0.3) is 0 Å². The molecule has 0 saturated heterocycles. The molecule has 1 aromatic carbocycles. The van der Waals surface area contributed by atoms with Gasteiger partial charge in [-0.2, -0.15) is 5.26 Å². The molecule has 0 bridgehead atoms. The molecule has 0 saturated carbocycles. The molecule has 0 aromatic heterocycles. The molecular formula is C11H14ClF2N3O2S. The molecule has 0 aliphatic heterocycles. The molecule has 0 heterocycles. The SMILES string of the molecule is Cl.N#Cc1cccc(CS(=O)(=O)NCC(F)(F)CN)c1. The average Bonchev–Trinajstić information content (AvgIpc) is 2.36. The lowest BCUT2D eigenvalue weighted by atomic mass is 10.2. The summed E-state index contributed by atoms with van der Waals surface area (Å²) in [7, 11) is -3.90. The van der Waals surface area contributed by atoms with E-state index in [9.17, 15) is 17.2 Å². The lowest BCUT2D eigenvalue weighted by Crippen LogP contribution is -2.41. The fraction of sp³-hybridized carbons (Fsp3) is 0.364. The monoisotopic (exact) mass is 325 g/mol. The molecule has 0 aliphatic carbocycles. The predicted molar refractivity (Wildman–Crippen MR) is 73.0 cm³/mol. The Morgan fingerprint density at radius 2 is 2.05 bits per heavy atom. The maximum Gasteiger partial charge on any atom is 0.273 e. The van der Waals surface area contributed by atoms with Gasteiger partial charge < -0.3 is 5.73 Å². The van der Waals surface area contributed by atoms with Gasteiger partial charge in [0, 0.05) is 0 Å². The minimum absolute atomic E-state index is 0. The van der Waals surface area contributed by atoms with E-state index < -0.39 is 34.8 Å². The molecule has 0 amide bonds. The summed E-state index contributed by atoms with van der Waals surface area (Å²) in [4.78, 5) is 0. The van der Waals surface area contributed by atoms with E-state index in [2.05, 4.69) is 0 Å². The van der Waals surface area contributed by atoms with Crippen LogP contribution < -0.4 is 10.5 Å². The van der Waals surface area contributed by atoms with Gasteiger partial charge in [-0.05, 0) is 17.7 Å². The Morgan fingerprint density at radius 1 is 1.40 bits per heavy atom. The van der Waals surface area contributed by atoms with Crippen LogP contribution in [0.1, 0.15) is 11.1 Å². The Balaban J connectivity index is 0.00000361. The summed E-state index contributed by atoms with van der Waals surface area (Å²) < 4.78 is 50.7. The Bertz CT molecular complexity index is 588. The van der Waals surface area contributed by atoms with Crippen molar-refractivity contribution < 1.29 is 17.2 Å². The van der Waals surface area contributed by atoms with Crippen molar-refractivity contribution in [3.05, 3.63) is 35.4 Å². The van der Waals surface area contributed by atoms with Crippen molar-refractivity contribution in [2.45, 2.75) is 11.7 Å². The van der Waals surface area contributed by atoms with E-state index in [4.69, 9.17) is 11.0 Å². The van der Waals surface area contributed by atoms with Crippen molar-refractivity contribution in [1.82, 2.24) is 4.72 Å². The molecule has 20 heavy (non-hydrogen) atoms. The first-order chi connectivity index (χ1) is 8.78. The van der Waals surface area contributed by atoms with Crippen LogP contribution in [0.3, 0.4) is 0 Å². The second kappa shape index (κ2) is 7.50. The number of alkyl halides is 2. The Morgan fingerprint density at radius 3 is 2.60 bits per heavy atom. The molecule has 9 heteroatoms. The molecule has 0 radical (unpaired) electrons. The van der Waals surface area contributed by atoms with Gasteiger partial charge in [0.2, 0.25) is 10.0 Å². The number of sulfonamides is 1. The number of halogens is 3. The van der Waals surface area contributed by atoms with Gasteiger partial charge in [0.1, 0.15) is 0 Å². The Labute approximate surface area is 122 Å². The van der Waals surface area contributed by atoms with Crippen molar-refractivity contribution in [2.75, 3.05) is 13.1 Å². The maximum atomic E-state index is 12.8. The van der Waals surface area contributed by atoms with Crippen molar-refractivity contribution in [3.8, 4) is 6.07 Å². The highest BCUT2D eigenvalue weighted by atomic mass is 35.5. The summed E-state index contributed by atoms with van der Waals surface area (Å²) in [5.41, 5.74) is 5.46. The van der Waals surface area contributed by atoms with Crippen LogP contribution in [0.2, 0.25) is 0 Å². The average molecular weight is 326 g/mol. The third kappa shape index (κ3) is 6.25. The largest absolute Gasteiger partial charge is 0.325 e. The Hall–Kier alpha value is -1.27. The van der Waals surface area contributed by atoms with Crippen molar-refractivity contribution in [3.63, 3.8) is 0 Å². The molecule has 112 valence electrons. The van der Waals surface area contributed by atoms with Crippen LogP contribution in [0.4, 0.5) is 8.78 Å². The molecule has 0 atom stereocenters. The van der Waals surface area contributed by atoms with Gasteiger partial charge in [-0.25, -0.2) is 21.9 Å². The molecule has 1 aromatic rings. The third-order valence-electron chi connectivity index (χ3n) is 2.26. The van der Waals surface area contributed by atoms with E-state index in [0.717, 1.165) is 0 Å². The van der Waals surface area contributed by atoms with Crippen molar-refractivity contribution in [2.24, 2.45) is 5.73 Å². The number of nitriles is 1. The van der Waals surface area contributed by atoms with E-state index in [0.29, 0.717) is 11.1 Å². The molecule has 3 N–H and O–H groups in total.